The van der Waals surface area contributed by atoms with Gasteiger partial charge in [0.1, 0.15) is 5.75 Å². The Kier molecular flexibility index (Phi) is 1.34. The molecule has 1 N–H and O–H groups in total. The van der Waals surface area contributed by atoms with E-state index < -0.39 is 5.82 Å². The molecule has 0 aliphatic rings. The molecule has 47 valence electrons. The molecule has 0 spiro atoms. The molecular weight excluding hydrogens is 121 g/mol. The zero-order valence-corrected chi connectivity index (χ0v) is 4.85. The smallest absolute Gasteiger partial charge is 0.156 e. The Morgan fingerprint density at radius 1 is 1.78 bits per heavy atom. The second-order valence-corrected chi connectivity index (χ2v) is 1.67. The van der Waals surface area contributed by atoms with Crippen LogP contribution in [0.15, 0.2) is 6.20 Å². The highest BCUT2D eigenvalue weighted by Gasteiger charge is 1.97. The lowest BCUT2D eigenvalue weighted by Crippen LogP contribution is -1.85. The van der Waals surface area contributed by atoms with Crippen LogP contribution in [0.25, 0.3) is 0 Å². The SMILES string of the molecule is Cc1ncc(O)[c]c1F. The molecule has 0 amide bonds. The molecule has 1 aromatic heterocycles. The molecule has 9 heavy (non-hydrogen) atoms. The van der Waals surface area contributed by atoms with Crippen molar-refractivity contribution in [3.8, 4) is 5.75 Å². The van der Waals surface area contributed by atoms with Crippen LogP contribution in [0.1, 0.15) is 5.69 Å². The fourth-order valence-corrected chi connectivity index (χ4v) is 0.450. The van der Waals surface area contributed by atoms with Crippen molar-refractivity contribution in [2.45, 2.75) is 6.92 Å². The lowest BCUT2D eigenvalue weighted by Gasteiger charge is -1.92. The number of hydrogen-bond acceptors (Lipinski definition) is 2. The molecule has 0 saturated carbocycles. The zero-order valence-electron chi connectivity index (χ0n) is 4.85. The maximum Gasteiger partial charge on any atom is 0.156 e. The fourth-order valence-electron chi connectivity index (χ4n) is 0.450. The average molecular weight is 126 g/mol. The van der Waals surface area contributed by atoms with E-state index in [4.69, 9.17) is 5.11 Å². The van der Waals surface area contributed by atoms with Crippen molar-refractivity contribution in [2.24, 2.45) is 0 Å². The van der Waals surface area contributed by atoms with Crippen molar-refractivity contribution in [1.82, 2.24) is 4.98 Å². The molecule has 1 aromatic rings. The summed E-state index contributed by atoms with van der Waals surface area (Å²) >= 11 is 0. The number of halogens is 1. The monoisotopic (exact) mass is 126 g/mol. The Labute approximate surface area is 52.0 Å². The number of aromatic hydroxyl groups is 1. The zero-order chi connectivity index (χ0) is 6.85. The molecule has 1 rings (SSSR count). The van der Waals surface area contributed by atoms with E-state index >= 15 is 0 Å². The lowest BCUT2D eigenvalue weighted by atomic mass is 10.3. The van der Waals surface area contributed by atoms with Gasteiger partial charge in [-0.3, -0.25) is 4.98 Å². The number of hydrogen-bond donors (Lipinski definition) is 1. The quantitative estimate of drug-likeness (QED) is 0.563. The molecule has 2 nitrogen and oxygen atoms in total. The summed E-state index contributed by atoms with van der Waals surface area (Å²) in [5.41, 5.74) is 0.243. The Balaban J connectivity index is 3.17. The molecule has 3 heteroatoms. The molecule has 0 saturated heterocycles. The number of nitrogens with zero attached hydrogens (tertiary/aromatic N) is 1. The van der Waals surface area contributed by atoms with Gasteiger partial charge in [-0.05, 0) is 6.92 Å². The van der Waals surface area contributed by atoms with Crippen LogP contribution in [0.2, 0.25) is 0 Å². The van der Waals surface area contributed by atoms with Gasteiger partial charge >= 0.3 is 0 Å². The van der Waals surface area contributed by atoms with Gasteiger partial charge in [0.2, 0.25) is 0 Å². The minimum absolute atomic E-state index is 0.243. The van der Waals surface area contributed by atoms with E-state index in [2.05, 4.69) is 11.1 Å². The topological polar surface area (TPSA) is 33.1 Å². The van der Waals surface area contributed by atoms with Gasteiger partial charge in [0, 0.05) is 0 Å². The molecule has 0 unspecified atom stereocenters. The molecule has 0 aliphatic carbocycles. The standard InChI is InChI=1S/C6H5FNO/c1-4-6(7)2-5(9)3-8-4/h3,9H,1H3. The van der Waals surface area contributed by atoms with Crippen LogP contribution < -0.4 is 0 Å². The maximum absolute atomic E-state index is 12.3. The first-order valence-corrected chi connectivity index (χ1v) is 2.43. The van der Waals surface area contributed by atoms with E-state index in [0.717, 1.165) is 6.20 Å². The van der Waals surface area contributed by atoms with Gasteiger partial charge in [0.05, 0.1) is 18.0 Å². The summed E-state index contributed by atoms with van der Waals surface area (Å²) in [6.07, 6.45) is 1.15. The third-order valence-electron chi connectivity index (χ3n) is 0.936. The van der Waals surface area contributed by atoms with Gasteiger partial charge in [-0.2, -0.15) is 0 Å². The van der Waals surface area contributed by atoms with Crippen LogP contribution in [0, 0.1) is 18.8 Å². The minimum atomic E-state index is -0.602. The van der Waals surface area contributed by atoms with Crippen molar-refractivity contribution in [3.05, 3.63) is 23.8 Å². The largest absolute Gasteiger partial charge is 0.506 e. The van der Waals surface area contributed by atoms with Crippen molar-refractivity contribution in [2.75, 3.05) is 0 Å². The van der Waals surface area contributed by atoms with Crippen LogP contribution >= 0.6 is 0 Å². The predicted octanol–water partition coefficient (Wildman–Crippen LogP) is 1.03. The summed E-state index contributed by atoms with van der Waals surface area (Å²) in [4.78, 5) is 3.52. The molecule has 0 fully saturated rings. The summed E-state index contributed by atoms with van der Waals surface area (Å²) in [6.45, 7) is 1.51. The number of aryl methyl sites for hydroxylation is 1. The summed E-state index contributed by atoms with van der Waals surface area (Å²) in [7, 11) is 0. The van der Waals surface area contributed by atoms with E-state index in [1.165, 1.54) is 6.92 Å². The van der Waals surface area contributed by atoms with E-state index in [-0.39, 0.29) is 11.4 Å². The number of aromatic nitrogens is 1. The highest BCUT2D eigenvalue weighted by molar-refractivity contribution is 5.16. The maximum atomic E-state index is 12.3. The van der Waals surface area contributed by atoms with E-state index in [1.54, 1.807) is 0 Å². The Morgan fingerprint density at radius 2 is 2.44 bits per heavy atom. The van der Waals surface area contributed by atoms with Crippen molar-refractivity contribution >= 4 is 0 Å². The first-order chi connectivity index (χ1) is 4.20. The van der Waals surface area contributed by atoms with E-state index in [0.29, 0.717) is 0 Å². The van der Waals surface area contributed by atoms with Gasteiger partial charge in [0.15, 0.2) is 5.82 Å². The van der Waals surface area contributed by atoms with Gasteiger partial charge in [-0.1, -0.05) is 0 Å². The minimum Gasteiger partial charge on any atom is -0.506 e. The van der Waals surface area contributed by atoms with Crippen molar-refractivity contribution < 1.29 is 9.50 Å². The summed E-state index contributed by atoms with van der Waals surface area (Å²) in [6, 6.07) is 2.06. The second kappa shape index (κ2) is 2.01. The summed E-state index contributed by atoms with van der Waals surface area (Å²) in [5, 5.41) is 8.58. The number of pyridine rings is 1. The predicted molar refractivity (Wildman–Crippen MR) is 29.4 cm³/mol. The third kappa shape index (κ3) is 1.16. The van der Waals surface area contributed by atoms with Crippen molar-refractivity contribution in [3.63, 3.8) is 0 Å². The molecule has 0 aromatic carbocycles. The number of rotatable bonds is 0. The van der Waals surface area contributed by atoms with Gasteiger partial charge in [-0.15, -0.1) is 0 Å². The van der Waals surface area contributed by atoms with Gasteiger partial charge < -0.3 is 5.11 Å². The van der Waals surface area contributed by atoms with Crippen LogP contribution in [0.5, 0.6) is 5.75 Å². The van der Waals surface area contributed by atoms with Crippen LogP contribution in [-0.2, 0) is 0 Å². The normalized spacial score (nSPS) is 9.56. The molecule has 1 heterocycles. The first-order valence-electron chi connectivity index (χ1n) is 2.43. The van der Waals surface area contributed by atoms with Gasteiger partial charge in [-0.25, -0.2) is 4.39 Å². The molecule has 0 bridgehead atoms. The Morgan fingerprint density at radius 3 is 2.89 bits per heavy atom. The Hall–Kier alpha value is -1.12. The Bertz CT molecular complexity index is 224. The van der Waals surface area contributed by atoms with Crippen LogP contribution in [-0.4, -0.2) is 10.1 Å². The van der Waals surface area contributed by atoms with Crippen LogP contribution in [0.4, 0.5) is 4.39 Å². The second-order valence-electron chi connectivity index (χ2n) is 1.67. The third-order valence-corrected chi connectivity index (χ3v) is 0.936. The highest BCUT2D eigenvalue weighted by atomic mass is 19.1. The van der Waals surface area contributed by atoms with Crippen LogP contribution in [0.3, 0.4) is 0 Å². The van der Waals surface area contributed by atoms with E-state index in [1.807, 2.05) is 0 Å². The lowest BCUT2D eigenvalue weighted by molar-refractivity contribution is 0.462. The molecule has 0 atom stereocenters. The fraction of sp³-hybridized carbons (Fsp3) is 0.167. The molecule has 1 radical (unpaired) electrons. The van der Waals surface area contributed by atoms with E-state index in [9.17, 15) is 4.39 Å². The molecular formula is C6H5FNO. The highest BCUT2D eigenvalue weighted by Crippen LogP contribution is 2.08. The van der Waals surface area contributed by atoms with Crippen molar-refractivity contribution in [1.29, 1.82) is 0 Å². The first kappa shape index (κ1) is 6.01. The summed E-state index contributed by atoms with van der Waals surface area (Å²) < 4.78 is 12.3. The average Bonchev–Trinajstić information content (AvgIpc) is 1.80. The van der Waals surface area contributed by atoms with Gasteiger partial charge in [0.25, 0.3) is 0 Å². The molecule has 0 aliphatic heterocycles. The summed E-state index contributed by atoms with van der Waals surface area (Å²) in [5.74, 6) is -0.867.